The number of nitrogens with one attached hydrogen (secondary N) is 1. The van der Waals surface area contributed by atoms with E-state index in [0.29, 0.717) is 5.92 Å². The summed E-state index contributed by atoms with van der Waals surface area (Å²) in [6.45, 7) is 5.66. The molecular formula is C15H21NO3. The van der Waals surface area contributed by atoms with Crippen molar-refractivity contribution in [1.82, 2.24) is 5.32 Å². The fourth-order valence-electron chi connectivity index (χ4n) is 1.85. The fraction of sp³-hybridized carbons (Fsp3) is 0.467. The minimum absolute atomic E-state index is 0.263. The number of carbonyl (C=O) groups is 2. The van der Waals surface area contributed by atoms with Gasteiger partial charge in [0, 0.05) is 6.92 Å². The van der Waals surface area contributed by atoms with Crippen LogP contribution in [-0.2, 0) is 14.3 Å². The van der Waals surface area contributed by atoms with Gasteiger partial charge in [-0.1, -0.05) is 38.1 Å². The van der Waals surface area contributed by atoms with Gasteiger partial charge in [0.1, 0.15) is 0 Å². The predicted molar refractivity (Wildman–Crippen MR) is 73.7 cm³/mol. The molecule has 19 heavy (non-hydrogen) atoms. The van der Waals surface area contributed by atoms with Gasteiger partial charge in [0.25, 0.3) is 0 Å². The molecule has 0 bridgehead atoms. The number of amides is 1. The molecule has 0 saturated carbocycles. The van der Waals surface area contributed by atoms with Crippen LogP contribution in [0.3, 0.4) is 0 Å². The van der Waals surface area contributed by atoms with Gasteiger partial charge in [0.05, 0.1) is 7.11 Å². The van der Waals surface area contributed by atoms with Crippen molar-refractivity contribution in [3.05, 3.63) is 35.4 Å². The van der Waals surface area contributed by atoms with Gasteiger partial charge in [0.2, 0.25) is 5.91 Å². The molecule has 0 fully saturated rings. The maximum absolute atomic E-state index is 11.7. The second-order valence-corrected chi connectivity index (χ2v) is 4.63. The van der Waals surface area contributed by atoms with Crippen molar-refractivity contribution in [2.45, 2.75) is 39.2 Å². The largest absolute Gasteiger partial charge is 0.467 e. The molecule has 0 aliphatic heterocycles. The Bertz CT molecular complexity index is 439. The Morgan fingerprint density at radius 1 is 1.21 bits per heavy atom. The van der Waals surface area contributed by atoms with Crippen molar-refractivity contribution in [3.63, 3.8) is 0 Å². The quantitative estimate of drug-likeness (QED) is 0.831. The monoisotopic (exact) mass is 263 g/mol. The van der Waals surface area contributed by atoms with Gasteiger partial charge in [-0.15, -0.1) is 0 Å². The number of rotatable bonds is 5. The predicted octanol–water partition coefficient (Wildman–Crippen LogP) is 2.55. The van der Waals surface area contributed by atoms with Crippen LogP contribution in [0, 0.1) is 0 Å². The van der Waals surface area contributed by atoms with Crippen molar-refractivity contribution in [2.75, 3.05) is 7.11 Å². The molecule has 0 heterocycles. The molecule has 4 heteroatoms. The highest BCUT2D eigenvalue weighted by Crippen LogP contribution is 2.22. The molecule has 4 nitrogen and oxygen atoms in total. The van der Waals surface area contributed by atoms with Crippen molar-refractivity contribution in [2.24, 2.45) is 0 Å². The first kappa shape index (κ1) is 15.2. The maximum Gasteiger partial charge on any atom is 0.333 e. The topological polar surface area (TPSA) is 55.4 Å². The molecule has 2 atom stereocenters. The van der Waals surface area contributed by atoms with E-state index in [1.54, 1.807) is 0 Å². The highest BCUT2D eigenvalue weighted by atomic mass is 16.5. The average molecular weight is 263 g/mol. The number of hydrogen-bond acceptors (Lipinski definition) is 3. The van der Waals surface area contributed by atoms with Crippen LogP contribution in [0.2, 0.25) is 0 Å². The van der Waals surface area contributed by atoms with Crippen molar-refractivity contribution < 1.29 is 14.3 Å². The number of ether oxygens (including phenoxy) is 1. The summed E-state index contributed by atoms with van der Waals surface area (Å²) >= 11 is 0. The Morgan fingerprint density at radius 2 is 1.74 bits per heavy atom. The minimum atomic E-state index is -0.742. The number of benzene rings is 1. The maximum atomic E-state index is 11.7. The van der Waals surface area contributed by atoms with Crippen LogP contribution in [0.25, 0.3) is 0 Å². The van der Waals surface area contributed by atoms with Crippen LogP contribution in [0.1, 0.15) is 50.3 Å². The second-order valence-electron chi connectivity index (χ2n) is 4.63. The van der Waals surface area contributed by atoms with Crippen molar-refractivity contribution in [3.8, 4) is 0 Å². The third-order valence-corrected chi connectivity index (χ3v) is 3.24. The standard InChI is InChI=1S/C15H21NO3/c1-5-10(2)12-6-8-13(9-7-12)14(15(18)19-4)16-11(3)17/h6-10,14H,5H2,1-4H3,(H,16,17). The van der Waals surface area contributed by atoms with E-state index in [4.69, 9.17) is 4.74 Å². The molecule has 1 rings (SSSR count). The normalized spacial score (nSPS) is 13.5. The molecule has 0 radical (unpaired) electrons. The van der Waals surface area contributed by atoms with E-state index < -0.39 is 12.0 Å². The molecule has 1 aromatic carbocycles. The Morgan fingerprint density at radius 3 is 2.16 bits per heavy atom. The summed E-state index contributed by atoms with van der Waals surface area (Å²) in [5.41, 5.74) is 1.95. The molecule has 0 spiro atoms. The number of methoxy groups -OCH3 is 1. The van der Waals surface area contributed by atoms with Gasteiger partial charge in [-0.2, -0.15) is 0 Å². The van der Waals surface area contributed by atoms with Crippen LogP contribution < -0.4 is 5.32 Å². The third kappa shape index (κ3) is 4.09. The lowest BCUT2D eigenvalue weighted by Gasteiger charge is -2.17. The lowest BCUT2D eigenvalue weighted by atomic mass is 9.96. The molecule has 0 aliphatic rings. The van der Waals surface area contributed by atoms with Gasteiger partial charge in [0.15, 0.2) is 6.04 Å². The zero-order valence-corrected chi connectivity index (χ0v) is 11.9. The molecular weight excluding hydrogens is 242 g/mol. The molecule has 104 valence electrons. The Hall–Kier alpha value is -1.84. The zero-order valence-electron chi connectivity index (χ0n) is 11.9. The summed E-state index contributed by atoms with van der Waals surface area (Å²) < 4.78 is 4.71. The van der Waals surface area contributed by atoms with Gasteiger partial charge in [-0.05, 0) is 23.5 Å². The molecule has 2 unspecified atom stereocenters. The number of carbonyl (C=O) groups excluding carboxylic acids is 2. The molecule has 0 aliphatic carbocycles. The highest BCUT2D eigenvalue weighted by Gasteiger charge is 2.22. The third-order valence-electron chi connectivity index (χ3n) is 3.24. The van der Waals surface area contributed by atoms with Crippen LogP contribution >= 0.6 is 0 Å². The van der Waals surface area contributed by atoms with E-state index >= 15 is 0 Å². The van der Waals surface area contributed by atoms with Gasteiger partial charge >= 0.3 is 5.97 Å². The Labute approximate surface area is 114 Å². The summed E-state index contributed by atoms with van der Waals surface area (Å²) in [7, 11) is 1.31. The summed E-state index contributed by atoms with van der Waals surface area (Å²) in [4.78, 5) is 22.8. The van der Waals surface area contributed by atoms with Crippen molar-refractivity contribution in [1.29, 1.82) is 0 Å². The first-order valence-electron chi connectivity index (χ1n) is 6.44. The van der Waals surface area contributed by atoms with E-state index in [2.05, 4.69) is 19.2 Å². The van der Waals surface area contributed by atoms with Crippen LogP contribution in [0.5, 0.6) is 0 Å². The Kier molecular flexibility index (Phi) is 5.55. The van der Waals surface area contributed by atoms with Gasteiger partial charge in [-0.25, -0.2) is 4.79 Å². The lowest BCUT2D eigenvalue weighted by molar-refractivity contribution is -0.145. The zero-order chi connectivity index (χ0) is 14.4. The highest BCUT2D eigenvalue weighted by molar-refractivity contribution is 5.84. The lowest BCUT2D eigenvalue weighted by Crippen LogP contribution is -2.32. The summed E-state index contributed by atoms with van der Waals surface area (Å²) in [6, 6.07) is 6.95. The van der Waals surface area contributed by atoms with E-state index in [0.717, 1.165) is 12.0 Å². The minimum Gasteiger partial charge on any atom is -0.467 e. The molecule has 1 aromatic rings. The van der Waals surface area contributed by atoms with E-state index in [9.17, 15) is 9.59 Å². The van der Waals surface area contributed by atoms with Crippen LogP contribution in [0.4, 0.5) is 0 Å². The number of hydrogen-bond donors (Lipinski definition) is 1. The smallest absolute Gasteiger partial charge is 0.333 e. The van der Waals surface area contributed by atoms with Crippen LogP contribution in [0.15, 0.2) is 24.3 Å². The van der Waals surface area contributed by atoms with E-state index in [1.807, 2.05) is 24.3 Å². The molecule has 0 aromatic heterocycles. The molecule has 0 saturated heterocycles. The average Bonchev–Trinajstić information content (AvgIpc) is 2.43. The first-order chi connectivity index (χ1) is 8.99. The fourth-order valence-corrected chi connectivity index (χ4v) is 1.85. The van der Waals surface area contributed by atoms with E-state index in [1.165, 1.54) is 19.6 Å². The molecule has 1 N–H and O–H groups in total. The second kappa shape index (κ2) is 6.92. The van der Waals surface area contributed by atoms with Crippen LogP contribution in [-0.4, -0.2) is 19.0 Å². The Balaban J connectivity index is 2.96. The summed E-state index contributed by atoms with van der Waals surface area (Å²) in [5.74, 6) is -0.251. The van der Waals surface area contributed by atoms with E-state index in [-0.39, 0.29) is 5.91 Å². The van der Waals surface area contributed by atoms with Gasteiger partial charge < -0.3 is 10.1 Å². The SMILES string of the molecule is CCC(C)c1ccc(C(NC(C)=O)C(=O)OC)cc1. The van der Waals surface area contributed by atoms with Crippen molar-refractivity contribution >= 4 is 11.9 Å². The number of esters is 1. The van der Waals surface area contributed by atoms with Gasteiger partial charge in [-0.3, -0.25) is 4.79 Å². The first-order valence-corrected chi connectivity index (χ1v) is 6.44. The summed E-state index contributed by atoms with van der Waals surface area (Å²) in [6.07, 6.45) is 1.06. The summed E-state index contributed by atoms with van der Waals surface area (Å²) in [5, 5.41) is 2.60. The molecule has 1 amide bonds.